The molecule has 20 heavy (non-hydrogen) atoms. The van der Waals surface area contributed by atoms with Gasteiger partial charge in [-0.25, -0.2) is 0 Å². The van der Waals surface area contributed by atoms with E-state index in [1.165, 1.54) is 0 Å². The van der Waals surface area contributed by atoms with Crippen molar-refractivity contribution in [1.29, 1.82) is 0 Å². The molecule has 0 bridgehead atoms. The van der Waals surface area contributed by atoms with Crippen molar-refractivity contribution in [3.05, 3.63) is 40.7 Å². The van der Waals surface area contributed by atoms with E-state index in [0.717, 1.165) is 11.3 Å². The van der Waals surface area contributed by atoms with Crippen molar-refractivity contribution >= 4 is 11.6 Å². The highest BCUT2D eigenvalue weighted by Crippen LogP contribution is 2.33. The van der Waals surface area contributed by atoms with Gasteiger partial charge < -0.3 is 15.2 Å². The quantitative estimate of drug-likeness (QED) is 0.921. The van der Waals surface area contributed by atoms with Crippen molar-refractivity contribution in [2.45, 2.75) is 19.5 Å². The maximum Gasteiger partial charge on any atom is 0.161 e. The Bertz CT molecular complexity index is 598. The summed E-state index contributed by atoms with van der Waals surface area (Å²) in [6, 6.07) is 5.21. The molecule has 2 aromatic rings. The highest BCUT2D eigenvalue weighted by molar-refractivity contribution is 6.31. The molecule has 0 saturated carbocycles. The summed E-state index contributed by atoms with van der Waals surface area (Å²) in [6.07, 6.45) is 1.61. The number of hydrogen-bond donors (Lipinski definition) is 1. The van der Waals surface area contributed by atoms with Crippen LogP contribution in [0.25, 0.3) is 0 Å². The van der Waals surface area contributed by atoms with Gasteiger partial charge in [-0.2, -0.15) is 5.10 Å². The number of halogens is 1. The number of hydrogen-bond acceptors (Lipinski definition) is 4. The second-order valence-electron chi connectivity index (χ2n) is 4.29. The van der Waals surface area contributed by atoms with Gasteiger partial charge in [-0.3, -0.25) is 4.68 Å². The van der Waals surface area contributed by atoms with Crippen LogP contribution in [-0.2, 0) is 6.54 Å². The molecule has 0 spiro atoms. The molecule has 1 atom stereocenters. The van der Waals surface area contributed by atoms with Crippen LogP contribution in [0.3, 0.4) is 0 Å². The van der Waals surface area contributed by atoms with Gasteiger partial charge in [0, 0.05) is 6.54 Å². The van der Waals surface area contributed by atoms with Gasteiger partial charge in [0.25, 0.3) is 0 Å². The van der Waals surface area contributed by atoms with E-state index in [9.17, 15) is 0 Å². The number of methoxy groups -OCH3 is 2. The minimum absolute atomic E-state index is 0.371. The van der Waals surface area contributed by atoms with Gasteiger partial charge in [0.15, 0.2) is 11.5 Å². The lowest BCUT2D eigenvalue weighted by Crippen LogP contribution is -2.17. The molecule has 1 aromatic heterocycles. The van der Waals surface area contributed by atoms with E-state index in [-0.39, 0.29) is 6.04 Å². The fraction of sp³-hybridized carbons (Fsp3) is 0.357. The fourth-order valence-corrected chi connectivity index (χ4v) is 2.40. The standard InChI is InChI=1S/C14H18ClN3O2/c1-4-18-14(10(15)8-17-18)13(16)9-5-6-11(19-2)12(7-9)20-3/h5-8,13H,4,16H2,1-3H3. The van der Waals surface area contributed by atoms with E-state index < -0.39 is 0 Å². The zero-order valence-corrected chi connectivity index (χ0v) is 12.5. The van der Waals surface area contributed by atoms with Crippen LogP contribution >= 0.6 is 11.6 Å². The molecule has 5 nitrogen and oxygen atoms in total. The molecular formula is C14H18ClN3O2. The predicted molar refractivity (Wildman–Crippen MR) is 78.5 cm³/mol. The lowest BCUT2D eigenvalue weighted by Gasteiger charge is -2.16. The van der Waals surface area contributed by atoms with Gasteiger partial charge in [0.05, 0.1) is 37.2 Å². The molecule has 0 fully saturated rings. The molecule has 0 saturated heterocycles. The first kappa shape index (κ1) is 14.7. The molecule has 0 aliphatic rings. The summed E-state index contributed by atoms with van der Waals surface area (Å²) in [6.45, 7) is 2.71. The lowest BCUT2D eigenvalue weighted by molar-refractivity contribution is 0.354. The molecule has 2 rings (SSSR count). The van der Waals surface area contributed by atoms with Gasteiger partial charge in [0.2, 0.25) is 0 Å². The van der Waals surface area contributed by atoms with Crippen LogP contribution in [0.5, 0.6) is 11.5 Å². The molecule has 1 heterocycles. The number of aryl methyl sites for hydroxylation is 1. The van der Waals surface area contributed by atoms with Gasteiger partial charge >= 0.3 is 0 Å². The maximum absolute atomic E-state index is 6.31. The number of benzene rings is 1. The van der Waals surface area contributed by atoms with E-state index in [1.807, 2.05) is 25.1 Å². The Hall–Kier alpha value is -1.72. The third kappa shape index (κ3) is 2.59. The average molecular weight is 296 g/mol. The highest BCUT2D eigenvalue weighted by atomic mass is 35.5. The van der Waals surface area contributed by atoms with E-state index in [1.54, 1.807) is 25.1 Å². The minimum Gasteiger partial charge on any atom is -0.493 e. The summed E-state index contributed by atoms with van der Waals surface area (Å²) in [5.74, 6) is 1.30. The second-order valence-corrected chi connectivity index (χ2v) is 4.69. The third-order valence-corrected chi connectivity index (χ3v) is 3.49. The smallest absolute Gasteiger partial charge is 0.161 e. The number of aromatic nitrogens is 2. The Balaban J connectivity index is 2.42. The van der Waals surface area contributed by atoms with E-state index in [2.05, 4.69) is 5.10 Å². The van der Waals surface area contributed by atoms with E-state index in [4.69, 9.17) is 26.8 Å². The van der Waals surface area contributed by atoms with E-state index in [0.29, 0.717) is 23.1 Å². The Morgan fingerprint density at radius 1 is 1.30 bits per heavy atom. The van der Waals surface area contributed by atoms with Crippen LogP contribution in [0.1, 0.15) is 24.2 Å². The molecule has 2 N–H and O–H groups in total. The molecule has 108 valence electrons. The molecule has 6 heteroatoms. The number of nitrogens with two attached hydrogens (primary N) is 1. The van der Waals surface area contributed by atoms with Crippen molar-refractivity contribution in [2.75, 3.05) is 14.2 Å². The fourth-order valence-electron chi connectivity index (χ4n) is 2.14. The minimum atomic E-state index is -0.371. The Morgan fingerprint density at radius 2 is 2.00 bits per heavy atom. The van der Waals surface area contributed by atoms with Crippen LogP contribution in [-0.4, -0.2) is 24.0 Å². The van der Waals surface area contributed by atoms with Crippen molar-refractivity contribution in [1.82, 2.24) is 9.78 Å². The van der Waals surface area contributed by atoms with Gasteiger partial charge in [-0.1, -0.05) is 17.7 Å². The van der Waals surface area contributed by atoms with Crippen LogP contribution in [0, 0.1) is 0 Å². The van der Waals surface area contributed by atoms with Crippen molar-refractivity contribution in [2.24, 2.45) is 5.73 Å². The first-order valence-electron chi connectivity index (χ1n) is 6.31. The normalized spacial score (nSPS) is 12.2. The summed E-state index contributed by atoms with van der Waals surface area (Å²) in [7, 11) is 3.19. The zero-order valence-electron chi connectivity index (χ0n) is 11.8. The van der Waals surface area contributed by atoms with Gasteiger partial charge in [-0.15, -0.1) is 0 Å². The number of rotatable bonds is 5. The molecule has 1 aromatic carbocycles. The SMILES string of the molecule is CCn1ncc(Cl)c1C(N)c1ccc(OC)c(OC)c1. The van der Waals surface area contributed by atoms with Crippen LogP contribution in [0.2, 0.25) is 5.02 Å². The maximum atomic E-state index is 6.31. The van der Waals surface area contributed by atoms with Crippen molar-refractivity contribution < 1.29 is 9.47 Å². The summed E-state index contributed by atoms with van der Waals surface area (Å²) < 4.78 is 12.3. The van der Waals surface area contributed by atoms with Crippen molar-refractivity contribution in [3.63, 3.8) is 0 Å². The van der Waals surface area contributed by atoms with Crippen LogP contribution in [0.4, 0.5) is 0 Å². The Morgan fingerprint density at radius 3 is 2.60 bits per heavy atom. The molecule has 0 amide bonds. The molecule has 1 unspecified atom stereocenters. The van der Waals surface area contributed by atoms with Crippen LogP contribution in [0.15, 0.2) is 24.4 Å². The van der Waals surface area contributed by atoms with Crippen LogP contribution < -0.4 is 15.2 Å². The second kappa shape index (κ2) is 6.15. The van der Waals surface area contributed by atoms with Gasteiger partial charge in [-0.05, 0) is 24.6 Å². The highest BCUT2D eigenvalue weighted by Gasteiger charge is 2.19. The monoisotopic (exact) mass is 295 g/mol. The molecule has 0 aliphatic carbocycles. The largest absolute Gasteiger partial charge is 0.493 e. The summed E-state index contributed by atoms with van der Waals surface area (Å²) >= 11 is 6.18. The summed E-state index contributed by atoms with van der Waals surface area (Å²) in [5, 5.41) is 4.77. The number of ether oxygens (including phenoxy) is 2. The number of nitrogens with zero attached hydrogens (tertiary/aromatic N) is 2. The summed E-state index contributed by atoms with van der Waals surface area (Å²) in [4.78, 5) is 0. The average Bonchev–Trinajstić information content (AvgIpc) is 2.86. The molecular weight excluding hydrogens is 278 g/mol. The van der Waals surface area contributed by atoms with Gasteiger partial charge in [0.1, 0.15) is 0 Å². The topological polar surface area (TPSA) is 62.3 Å². The first-order chi connectivity index (χ1) is 9.62. The third-order valence-electron chi connectivity index (χ3n) is 3.19. The summed E-state index contributed by atoms with van der Waals surface area (Å²) in [5.41, 5.74) is 7.99. The predicted octanol–water partition coefficient (Wildman–Crippen LogP) is 2.62. The Labute approximate surface area is 123 Å². The van der Waals surface area contributed by atoms with Crippen molar-refractivity contribution in [3.8, 4) is 11.5 Å². The molecule has 0 radical (unpaired) electrons. The zero-order chi connectivity index (χ0) is 14.7. The lowest BCUT2D eigenvalue weighted by atomic mass is 10.0. The Kier molecular flexibility index (Phi) is 4.52. The molecule has 0 aliphatic heterocycles. The first-order valence-corrected chi connectivity index (χ1v) is 6.68. The van der Waals surface area contributed by atoms with E-state index >= 15 is 0 Å².